The van der Waals surface area contributed by atoms with Crippen molar-refractivity contribution in [2.45, 2.75) is 25.4 Å². The number of fused-ring (bicyclic) bond motifs is 1. The van der Waals surface area contributed by atoms with Crippen LogP contribution in [-0.2, 0) is 11.3 Å². The van der Waals surface area contributed by atoms with Gasteiger partial charge in [0, 0.05) is 31.6 Å². The Hall–Kier alpha value is -2.53. The van der Waals surface area contributed by atoms with Gasteiger partial charge in [0.25, 0.3) is 0 Å². The summed E-state index contributed by atoms with van der Waals surface area (Å²) in [5, 5.41) is 3.60. The topological polar surface area (TPSA) is 50.8 Å². The van der Waals surface area contributed by atoms with Crippen molar-refractivity contribution in [1.29, 1.82) is 0 Å². The summed E-state index contributed by atoms with van der Waals surface area (Å²) >= 11 is 0. The fourth-order valence-electron chi connectivity index (χ4n) is 3.45. The van der Waals surface area contributed by atoms with Crippen LogP contribution in [0.1, 0.15) is 30.0 Å². The van der Waals surface area contributed by atoms with Crippen LogP contribution in [0, 0.1) is 0 Å². The first kappa shape index (κ1) is 16.0. The van der Waals surface area contributed by atoms with Gasteiger partial charge in [-0.15, -0.1) is 0 Å². The average molecular weight is 338 g/mol. The van der Waals surface area contributed by atoms with Gasteiger partial charge in [-0.05, 0) is 18.1 Å². The Morgan fingerprint density at radius 2 is 1.96 bits per heavy atom. The Morgan fingerprint density at radius 1 is 1.08 bits per heavy atom. The van der Waals surface area contributed by atoms with Gasteiger partial charge in [-0.3, -0.25) is 4.79 Å². The van der Waals surface area contributed by atoms with Gasteiger partial charge >= 0.3 is 0 Å². The predicted molar refractivity (Wildman–Crippen MR) is 94.4 cm³/mol. The molecule has 25 heavy (non-hydrogen) atoms. The number of carbonyl (C=O) groups is 1. The van der Waals surface area contributed by atoms with E-state index in [9.17, 15) is 4.79 Å². The lowest BCUT2D eigenvalue weighted by Crippen LogP contribution is -2.35. The van der Waals surface area contributed by atoms with Crippen LogP contribution in [0.2, 0.25) is 0 Å². The number of benzene rings is 2. The number of hydrogen-bond acceptors (Lipinski definition) is 4. The molecule has 1 fully saturated rings. The van der Waals surface area contributed by atoms with Crippen LogP contribution in [0.4, 0.5) is 0 Å². The molecular weight excluding hydrogens is 316 g/mol. The summed E-state index contributed by atoms with van der Waals surface area (Å²) in [5.74, 6) is 1.87. The lowest BCUT2D eigenvalue weighted by molar-refractivity contribution is -0.128. The summed E-state index contributed by atoms with van der Waals surface area (Å²) in [5.41, 5.74) is 2.26. The summed E-state index contributed by atoms with van der Waals surface area (Å²) in [6.45, 7) is 2.47. The highest BCUT2D eigenvalue weighted by molar-refractivity contribution is 5.78. The van der Waals surface area contributed by atoms with E-state index in [1.54, 1.807) is 0 Å². The molecule has 0 spiro atoms. The number of likely N-dealkylation sites (tertiary alicyclic amines) is 1. The molecule has 0 saturated carbocycles. The highest BCUT2D eigenvalue weighted by atomic mass is 16.7. The number of nitrogens with zero attached hydrogens (tertiary/aromatic N) is 1. The number of ether oxygens (including phenoxy) is 2. The van der Waals surface area contributed by atoms with E-state index in [2.05, 4.69) is 17.4 Å². The zero-order valence-corrected chi connectivity index (χ0v) is 14.1. The first-order valence-electron chi connectivity index (χ1n) is 8.75. The Bertz CT molecular complexity index is 748. The Labute approximate surface area is 147 Å². The molecule has 2 aromatic carbocycles. The maximum absolute atomic E-state index is 12.0. The van der Waals surface area contributed by atoms with Gasteiger partial charge in [0.1, 0.15) is 0 Å². The van der Waals surface area contributed by atoms with Crippen molar-refractivity contribution in [2.24, 2.45) is 0 Å². The van der Waals surface area contributed by atoms with E-state index in [4.69, 9.17) is 9.47 Å². The molecule has 0 aliphatic carbocycles. The van der Waals surface area contributed by atoms with Crippen LogP contribution >= 0.6 is 0 Å². The molecule has 1 saturated heterocycles. The molecule has 1 N–H and O–H groups in total. The standard InChI is InChI=1S/C20H22N2O3/c23-19-10-5-11-22(19)13-17(15-6-2-1-3-7-15)21-12-16-8-4-9-18-20(16)25-14-24-18/h1-4,6-9,17,21H,5,10-14H2. The van der Waals surface area contributed by atoms with Crippen LogP contribution in [0.15, 0.2) is 48.5 Å². The van der Waals surface area contributed by atoms with Crippen molar-refractivity contribution in [3.05, 3.63) is 59.7 Å². The third-order valence-corrected chi connectivity index (χ3v) is 4.79. The van der Waals surface area contributed by atoms with Crippen LogP contribution in [0.25, 0.3) is 0 Å². The van der Waals surface area contributed by atoms with Crippen molar-refractivity contribution in [3.63, 3.8) is 0 Å². The second kappa shape index (κ2) is 7.15. The summed E-state index contributed by atoms with van der Waals surface area (Å²) < 4.78 is 11.0. The van der Waals surface area contributed by atoms with Gasteiger partial charge in [0.2, 0.25) is 12.7 Å². The maximum atomic E-state index is 12.0. The van der Waals surface area contributed by atoms with Gasteiger partial charge in [0.05, 0.1) is 6.04 Å². The third kappa shape index (κ3) is 3.46. The van der Waals surface area contributed by atoms with Gasteiger partial charge in [-0.25, -0.2) is 0 Å². The molecule has 1 unspecified atom stereocenters. The van der Waals surface area contributed by atoms with Crippen molar-refractivity contribution < 1.29 is 14.3 Å². The van der Waals surface area contributed by atoms with Crippen molar-refractivity contribution >= 4 is 5.91 Å². The molecule has 5 heteroatoms. The molecule has 2 aromatic rings. The molecule has 0 bridgehead atoms. The van der Waals surface area contributed by atoms with Gasteiger partial charge in [-0.2, -0.15) is 0 Å². The van der Waals surface area contributed by atoms with E-state index >= 15 is 0 Å². The van der Waals surface area contributed by atoms with E-state index in [1.807, 2.05) is 41.3 Å². The number of amides is 1. The fourth-order valence-corrected chi connectivity index (χ4v) is 3.45. The van der Waals surface area contributed by atoms with E-state index in [-0.39, 0.29) is 18.7 Å². The fraction of sp³-hybridized carbons (Fsp3) is 0.350. The molecule has 0 radical (unpaired) electrons. The zero-order valence-electron chi connectivity index (χ0n) is 14.1. The predicted octanol–water partition coefficient (Wildman–Crippen LogP) is 2.87. The lowest BCUT2D eigenvalue weighted by Gasteiger charge is -2.25. The highest BCUT2D eigenvalue weighted by Crippen LogP contribution is 2.35. The minimum Gasteiger partial charge on any atom is -0.454 e. The molecule has 2 aliphatic rings. The molecule has 4 rings (SSSR count). The number of rotatable bonds is 6. The zero-order chi connectivity index (χ0) is 17.1. The molecule has 130 valence electrons. The number of carbonyl (C=O) groups excluding carboxylic acids is 1. The molecular formula is C20H22N2O3. The Kier molecular flexibility index (Phi) is 4.57. The van der Waals surface area contributed by atoms with Crippen LogP contribution in [-0.4, -0.2) is 30.7 Å². The van der Waals surface area contributed by atoms with E-state index in [0.717, 1.165) is 30.0 Å². The van der Waals surface area contributed by atoms with E-state index in [1.165, 1.54) is 5.56 Å². The largest absolute Gasteiger partial charge is 0.454 e. The van der Waals surface area contributed by atoms with Gasteiger partial charge in [-0.1, -0.05) is 42.5 Å². The first-order valence-corrected chi connectivity index (χ1v) is 8.75. The maximum Gasteiger partial charge on any atom is 0.231 e. The monoisotopic (exact) mass is 338 g/mol. The summed E-state index contributed by atoms with van der Waals surface area (Å²) in [4.78, 5) is 14.0. The quantitative estimate of drug-likeness (QED) is 0.880. The number of para-hydroxylation sites is 1. The second-order valence-corrected chi connectivity index (χ2v) is 6.44. The normalized spacial score (nSPS) is 17.1. The highest BCUT2D eigenvalue weighted by Gasteiger charge is 2.25. The van der Waals surface area contributed by atoms with Gasteiger partial charge < -0.3 is 19.7 Å². The Balaban J connectivity index is 1.50. The minimum atomic E-state index is 0.0847. The molecule has 1 atom stereocenters. The van der Waals surface area contributed by atoms with Crippen LogP contribution in [0.5, 0.6) is 11.5 Å². The lowest BCUT2D eigenvalue weighted by atomic mass is 10.1. The third-order valence-electron chi connectivity index (χ3n) is 4.79. The van der Waals surface area contributed by atoms with Crippen molar-refractivity contribution in [3.8, 4) is 11.5 Å². The first-order chi connectivity index (χ1) is 12.3. The number of nitrogens with one attached hydrogen (secondary N) is 1. The van der Waals surface area contributed by atoms with Crippen molar-refractivity contribution in [2.75, 3.05) is 19.9 Å². The molecule has 5 nitrogen and oxygen atoms in total. The number of hydrogen-bond donors (Lipinski definition) is 1. The molecule has 2 heterocycles. The molecule has 2 aliphatic heterocycles. The summed E-state index contributed by atoms with van der Waals surface area (Å²) in [6, 6.07) is 16.3. The van der Waals surface area contributed by atoms with Gasteiger partial charge in [0.15, 0.2) is 11.5 Å². The smallest absolute Gasteiger partial charge is 0.231 e. The Morgan fingerprint density at radius 3 is 2.76 bits per heavy atom. The van der Waals surface area contributed by atoms with E-state index in [0.29, 0.717) is 19.5 Å². The molecule has 1 amide bonds. The van der Waals surface area contributed by atoms with Crippen LogP contribution in [0.3, 0.4) is 0 Å². The van der Waals surface area contributed by atoms with Crippen LogP contribution < -0.4 is 14.8 Å². The molecule has 0 aromatic heterocycles. The van der Waals surface area contributed by atoms with Crippen molar-refractivity contribution in [1.82, 2.24) is 10.2 Å². The average Bonchev–Trinajstić information content (AvgIpc) is 3.28. The van der Waals surface area contributed by atoms with E-state index < -0.39 is 0 Å². The SMILES string of the molecule is O=C1CCCN1CC(NCc1cccc2c1OCO2)c1ccccc1. The second-order valence-electron chi connectivity index (χ2n) is 6.44. The summed E-state index contributed by atoms with van der Waals surface area (Å²) in [7, 11) is 0. The summed E-state index contributed by atoms with van der Waals surface area (Å²) in [6.07, 6.45) is 1.62. The minimum absolute atomic E-state index is 0.0847.